The Morgan fingerprint density at radius 2 is 1.96 bits per heavy atom. The normalized spacial score (nSPS) is 11.7. The number of nitrogens with zero attached hydrogens (tertiary/aromatic N) is 3. The number of halogens is 3. The summed E-state index contributed by atoms with van der Waals surface area (Å²) in [6, 6.07) is 5.82. The van der Waals surface area contributed by atoms with E-state index in [1.807, 2.05) is 0 Å². The van der Waals surface area contributed by atoms with Crippen molar-refractivity contribution in [1.29, 1.82) is 0 Å². The number of aliphatic hydroxyl groups is 1. The molecule has 0 amide bonds. The van der Waals surface area contributed by atoms with Crippen molar-refractivity contribution >= 4 is 5.69 Å². The third-order valence-corrected chi connectivity index (χ3v) is 3.23. The van der Waals surface area contributed by atoms with Gasteiger partial charge in [-0.15, -0.1) is 0 Å². The van der Waals surface area contributed by atoms with E-state index in [4.69, 9.17) is 5.11 Å². The fourth-order valence-corrected chi connectivity index (χ4v) is 2.23. The Kier molecular flexibility index (Phi) is 4.99. The van der Waals surface area contributed by atoms with E-state index in [1.165, 1.54) is 24.4 Å². The number of nitro benzene ring substituents is 1. The number of aryl methyl sites for hydroxylation is 1. The molecule has 0 bridgehead atoms. The van der Waals surface area contributed by atoms with Gasteiger partial charge < -0.3 is 5.11 Å². The molecule has 2 rings (SSSR count). The van der Waals surface area contributed by atoms with E-state index in [-0.39, 0.29) is 42.8 Å². The van der Waals surface area contributed by atoms with Crippen LogP contribution in [-0.2, 0) is 19.1 Å². The van der Waals surface area contributed by atoms with Gasteiger partial charge in [0.1, 0.15) is 0 Å². The van der Waals surface area contributed by atoms with Gasteiger partial charge in [0.2, 0.25) is 0 Å². The lowest BCUT2D eigenvalue weighted by molar-refractivity contribution is -0.385. The zero-order valence-corrected chi connectivity index (χ0v) is 12.0. The maximum absolute atomic E-state index is 13.0. The Labute approximate surface area is 129 Å². The fraction of sp³-hybridized carbons (Fsp3) is 0.357. The predicted octanol–water partition coefficient (Wildman–Crippen LogP) is 2.78. The van der Waals surface area contributed by atoms with Gasteiger partial charge in [0.25, 0.3) is 5.69 Å². The fourth-order valence-electron chi connectivity index (χ4n) is 2.23. The molecular formula is C14H14F3N3O3. The minimum Gasteiger partial charge on any atom is -0.396 e. The molecule has 0 aliphatic heterocycles. The van der Waals surface area contributed by atoms with Crippen LogP contribution < -0.4 is 0 Å². The lowest BCUT2D eigenvalue weighted by atomic mass is 10.1. The molecule has 1 aromatic carbocycles. The molecule has 23 heavy (non-hydrogen) atoms. The molecule has 1 aromatic heterocycles. The molecule has 0 atom stereocenters. The molecule has 0 radical (unpaired) electrons. The van der Waals surface area contributed by atoms with E-state index in [0.29, 0.717) is 0 Å². The number of benzene rings is 1. The molecule has 0 aliphatic carbocycles. The largest absolute Gasteiger partial charge is 0.435 e. The van der Waals surface area contributed by atoms with Gasteiger partial charge in [0.05, 0.1) is 17.0 Å². The minimum absolute atomic E-state index is 0.0300. The summed E-state index contributed by atoms with van der Waals surface area (Å²) in [6.45, 7) is -0.369. The summed E-state index contributed by atoms with van der Waals surface area (Å²) in [6.07, 6.45) is -3.18. The summed E-state index contributed by atoms with van der Waals surface area (Å²) in [5, 5.41) is 23.2. The van der Waals surface area contributed by atoms with Crippen LogP contribution in [0.15, 0.2) is 30.5 Å². The van der Waals surface area contributed by atoms with Crippen LogP contribution in [0.5, 0.6) is 0 Å². The molecule has 0 unspecified atom stereocenters. The van der Waals surface area contributed by atoms with Crippen molar-refractivity contribution in [1.82, 2.24) is 9.78 Å². The van der Waals surface area contributed by atoms with Gasteiger partial charge >= 0.3 is 6.18 Å². The Balaban J connectivity index is 2.34. The Bertz CT molecular complexity index is 698. The van der Waals surface area contributed by atoms with Gasteiger partial charge in [-0.25, -0.2) is 0 Å². The molecule has 0 saturated carbocycles. The van der Waals surface area contributed by atoms with E-state index in [0.717, 1.165) is 4.68 Å². The average molecular weight is 329 g/mol. The van der Waals surface area contributed by atoms with E-state index in [1.54, 1.807) is 6.07 Å². The van der Waals surface area contributed by atoms with Crippen LogP contribution in [-0.4, -0.2) is 26.4 Å². The highest BCUT2D eigenvalue weighted by Gasteiger charge is 2.37. The van der Waals surface area contributed by atoms with Gasteiger partial charge in [-0.05, 0) is 12.8 Å². The van der Waals surface area contributed by atoms with Crippen LogP contribution in [0.3, 0.4) is 0 Å². The smallest absolute Gasteiger partial charge is 0.396 e. The first-order chi connectivity index (χ1) is 10.8. The van der Waals surface area contributed by atoms with E-state index in [9.17, 15) is 23.3 Å². The number of para-hydroxylation sites is 1. The predicted molar refractivity (Wildman–Crippen MR) is 74.8 cm³/mol. The molecule has 0 fully saturated rings. The number of aliphatic hydroxyl groups excluding tert-OH is 1. The summed E-state index contributed by atoms with van der Waals surface area (Å²) in [5.74, 6) is 0. The Hall–Kier alpha value is -2.42. The lowest BCUT2D eigenvalue weighted by Crippen LogP contribution is -2.11. The zero-order chi connectivity index (χ0) is 17.0. The summed E-state index contributed by atoms with van der Waals surface area (Å²) < 4.78 is 40.0. The maximum atomic E-state index is 13.0. The number of hydrogen-bond donors (Lipinski definition) is 1. The Morgan fingerprint density at radius 3 is 2.57 bits per heavy atom. The summed E-state index contributed by atoms with van der Waals surface area (Å²) in [5.41, 5.74) is -0.967. The van der Waals surface area contributed by atoms with Crippen LogP contribution >= 0.6 is 0 Å². The quantitative estimate of drug-likeness (QED) is 0.653. The second-order valence-corrected chi connectivity index (χ2v) is 4.91. The standard InChI is InChI=1S/C14H14F3N3O3/c15-14(16,17)13-11(5-3-7-21)9-19(18-13)8-10-4-1-2-6-12(10)20(22)23/h1-2,4,6,9,21H,3,5,7-8H2. The first kappa shape index (κ1) is 16.9. The SMILES string of the molecule is O=[N+]([O-])c1ccccc1Cn1cc(CCCO)c(C(F)(F)F)n1. The number of rotatable bonds is 6. The first-order valence-electron chi connectivity index (χ1n) is 6.79. The Morgan fingerprint density at radius 1 is 1.26 bits per heavy atom. The summed E-state index contributed by atoms with van der Waals surface area (Å²) >= 11 is 0. The van der Waals surface area contributed by atoms with Crippen LogP contribution in [0, 0.1) is 10.1 Å². The molecule has 0 spiro atoms. The third kappa shape index (κ3) is 4.07. The van der Waals surface area contributed by atoms with Crippen molar-refractivity contribution < 1.29 is 23.2 Å². The molecule has 2 aromatic rings. The third-order valence-electron chi connectivity index (χ3n) is 3.23. The molecule has 124 valence electrons. The summed E-state index contributed by atoms with van der Waals surface area (Å²) in [7, 11) is 0. The number of alkyl halides is 3. The molecule has 0 aliphatic rings. The maximum Gasteiger partial charge on any atom is 0.435 e. The van der Waals surface area contributed by atoms with E-state index in [2.05, 4.69) is 5.10 Å². The second-order valence-electron chi connectivity index (χ2n) is 4.91. The molecule has 6 nitrogen and oxygen atoms in total. The molecular weight excluding hydrogens is 315 g/mol. The van der Waals surface area contributed by atoms with Gasteiger partial charge in [-0.2, -0.15) is 18.3 Å². The van der Waals surface area contributed by atoms with Crippen molar-refractivity contribution in [3.05, 3.63) is 57.4 Å². The number of hydrogen-bond acceptors (Lipinski definition) is 4. The highest BCUT2D eigenvalue weighted by Crippen LogP contribution is 2.31. The van der Waals surface area contributed by atoms with Crippen molar-refractivity contribution in [2.75, 3.05) is 6.61 Å². The zero-order valence-electron chi connectivity index (χ0n) is 12.0. The van der Waals surface area contributed by atoms with Crippen molar-refractivity contribution in [2.24, 2.45) is 0 Å². The van der Waals surface area contributed by atoms with Gasteiger partial charge in [0.15, 0.2) is 5.69 Å². The second kappa shape index (κ2) is 6.78. The summed E-state index contributed by atoms with van der Waals surface area (Å²) in [4.78, 5) is 10.4. The highest BCUT2D eigenvalue weighted by molar-refractivity contribution is 5.40. The topological polar surface area (TPSA) is 81.2 Å². The van der Waals surface area contributed by atoms with E-state index < -0.39 is 16.8 Å². The first-order valence-corrected chi connectivity index (χ1v) is 6.79. The minimum atomic E-state index is -4.61. The van der Waals surface area contributed by atoms with Crippen LogP contribution in [0.2, 0.25) is 0 Å². The van der Waals surface area contributed by atoms with Gasteiger partial charge in [-0.3, -0.25) is 14.8 Å². The lowest BCUT2D eigenvalue weighted by Gasteiger charge is -2.05. The monoisotopic (exact) mass is 329 g/mol. The van der Waals surface area contributed by atoms with Crippen molar-refractivity contribution in [2.45, 2.75) is 25.6 Å². The average Bonchev–Trinajstić information content (AvgIpc) is 2.88. The van der Waals surface area contributed by atoms with Gasteiger partial charge in [-0.1, -0.05) is 18.2 Å². The molecule has 9 heteroatoms. The molecule has 1 heterocycles. The molecule has 0 saturated heterocycles. The van der Waals surface area contributed by atoms with Gasteiger partial charge in [0, 0.05) is 24.4 Å². The van der Waals surface area contributed by atoms with Crippen LogP contribution in [0.1, 0.15) is 23.2 Å². The van der Waals surface area contributed by atoms with Crippen molar-refractivity contribution in [3.63, 3.8) is 0 Å². The number of nitro groups is 1. The van der Waals surface area contributed by atoms with Crippen LogP contribution in [0.4, 0.5) is 18.9 Å². The van der Waals surface area contributed by atoms with E-state index >= 15 is 0 Å². The molecule has 1 N–H and O–H groups in total. The number of aromatic nitrogens is 2. The van der Waals surface area contributed by atoms with Crippen LogP contribution in [0.25, 0.3) is 0 Å². The highest BCUT2D eigenvalue weighted by atomic mass is 19.4. The van der Waals surface area contributed by atoms with Crippen molar-refractivity contribution in [3.8, 4) is 0 Å².